The van der Waals surface area contributed by atoms with Crippen LogP contribution in [0.25, 0.3) is 0 Å². The lowest BCUT2D eigenvalue weighted by Gasteiger charge is -2.12. The highest BCUT2D eigenvalue weighted by atomic mass is 14.1. The zero-order chi connectivity index (χ0) is 15.2. The summed E-state index contributed by atoms with van der Waals surface area (Å²) >= 11 is 0. The smallest absolute Gasteiger partial charge is 0.0323 e. The van der Waals surface area contributed by atoms with E-state index in [0.717, 1.165) is 11.8 Å². The Hall–Kier alpha value is -0.260. The molecule has 0 fully saturated rings. The summed E-state index contributed by atoms with van der Waals surface area (Å²) in [6.07, 6.45) is 17.8. The Morgan fingerprint density at radius 2 is 1.40 bits per heavy atom. The van der Waals surface area contributed by atoms with Crippen molar-refractivity contribution < 1.29 is 0 Å². The van der Waals surface area contributed by atoms with Crippen LogP contribution in [-0.4, -0.2) is 0 Å². The van der Waals surface area contributed by atoms with Crippen LogP contribution in [-0.2, 0) is 0 Å². The van der Waals surface area contributed by atoms with E-state index in [2.05, 4.69) is 40.7 Å². The van der Waals surface area contributed by atoms with Gasteiger partial charge >= 0.3 is 0 Å². The lowest BCUT2D eigenvalue weighted by Crippen LogP contribution is -1.96. The molecule has 0 aromatic rings. The summed E-state index contributed by atoms with van der Waals surface area (Å²) in [7, 11) is 0. The molecule has 0 aliphatic heterocycles. The van der Waals surface area contributed by atoms with Gasteiger partial charge in [-0.15, -0.1) is 0 Å². The van der Waals surface area contributed by atoms with E-state index < -0.39 is 0 Å². The molecule has 0 rings (SSSR count). The molecule has 1 atom stereocenters. The molecule has 0 aliphatic carbocycles. The first-order chi connectivity index (χ1) is 9.56. The van der Waals surface area contributed by atoms with Crippen LogP contribution in [0.1, 0.15) is 105 Å². The Morgan fingerprint density at radius 1 is 0.800 bits per heavy atom. The number of allylic oxidation sites excluding steroid dienone is 2. The molecular formula is C20H40. The minimum Gasteiger partial charge on any atom is -0.0859 e. The number of unbranched alkanes of at least 4 members (excludes halogenated alkanes) is 4. The Kier molecular flexibility index (Phi) is 13.5. The summed E-state index contributed by atoms with van der Waals surface area (Å²) in [5, 5.41) is 0. The van der Waals surface area contributed by atoms with Gasteiger partial charge < -0.3 is 0 Å². The van der Waals surface area contributed by atoms with E-state index in [1.807, 2.05) is 0 Å². The van der Waals surface area contributed by atoms with Gasteiger partial charge in [-0.2, -0.15) is 0 Å². The van der Waals surface area contributed by atoms with Gasteiger partial charge in [0.2, 0.25) is 0 Å². The fourth-order valence-electron chi connectivity index (χ4n) is 2.90. The van der Waals surface area contributed by atoms with Crippen molar-refractivity contribution in [2.75, 3.05) is 0 Å². The molecule has 0 saturated carbocycles. The highest BCUT2D eigenvalue weighted by Crippen LogP contribution is 2.19. The first kappa shape index (κ1) is 19.7. The van der Waals surface area contributed by atoms with Crippen LogP contribution in [0, 0.1) is 11.8 Å². The number of hydrogen-bond donors (Lipinski definition) is 0. The maximum atomic E-state index is 2.44. The molecule has 0 aromatic carbocycles. The average molecular weight is 281 g/mol. The minimum atomic E-state index is 0.882. The van der Waals surface area contributed by atoms with Crippen molar-refractivity contribution >= 4 is 0 Å². The SMILES string of the molecule is CCC=C(C)CCCCCCCC(C)CCCC(C)C. The molecule has 1 unspecified atom stereocenters. The van der Waals surface area contributed by atoms with Crippen LogP contribution >= 0.6 is 0 Å². The van der Waals surface area contributed by atoms with E-state index in [9.17, 15) is 0 Å². The molecule has 0 heterocycles. The zero-order valence-electron chi connectivity index (χ0n) is 15.0. The summed E-state index contributed by atoms with van der Waals surface area (Å²) in [6.45, 7) is 11.6. The molecule has 120 valence electrons. The summed E-state index contributed by atoms with van der Waals surface area (Å²) in [6, 6.07) is 0. The van der Waals surface area contributed by atoms with E-state index >= 15 is 0 Å². The first-order valence-corrected chi connectivity index (χ1v) is 9.21. The Morgan fingerprint density at radius 3 is 2.05 bits per heavy atom. The van der Waals surface area contributed by atoms with Crippen LogP contribution in [0.3, 0.4) is 0 Å². The molecule has 0 aliphatic rings. The van der Waals surface area contributed by atoms with Crippen LogP contribution in [0.5, 0.6) is 0 Å². The van der Waals surface area contributed by atoms with Crippen molar-refractivity contribution in [2.24, 2.45) is 11.8 Å². The normalized spacial score (nSPS) is 14.0. The summed E-state index contributed by atoms with van der Waals surface area (Å²) in [5.41, 5.74) is 1.59. The van der Waals surface area contributed by atoms with Crippen molar-refractivity contribution in [3.8, 4) is 0 Å². The van der Waals surface area contributed by atoms with Crippen LogP contribution in [0.2, 0.25) is 0 Å². The zero-order valence-corrected chi connectivity index (χ0v) is 15.0. The van der Waals surface area contributed by atoms with Crippen molar-refractivity contribution in [2.45, 2.75) is 105 Å². The molecular weight excluding hydrogens is 240 g/mol. The third-order valence-corrected chi connectivity index (χ3v) is 4.30. The molecule has 0 bridgehead atoms. The average Bonchev–Trinajstić information content (AvgIpc) is 2.37. The number of hydrogen-bond acceptors (Lipinski definition) is 0. The second-order valence-corrected chi connectivity index (χ2v) is 7.20. The standard InChI is InChI=1S/C20H40/c1-6-13-19(4)15-10-8-7-9-11-16-20(5)17-12-14-18(2)3/h13,18,20H,6-12,14-17H2,1-5H3. The van der Waals surface area contributed by atoms with Crippen LogP contribution in [0.15, 0.2) is 11.6 Å². The molecule has 0 saturated heterocycles. The second kappa shape index (κ2) is 13.7. The van der Waals surface area contributed by atoms with Gasteiger partial charge in [0.05, 0.1) is 0 Å². The van der Waals surface area contributed by atoms with Gasteiger partial charge in [-0.3, -0.25) is 0 Å². The predicted molar refractivity (Wildman–Crippen MR) is 94.2 cm³/mol. The summed E-state index contributed by atoms with van der Waals surface area (Å²) in [4.78, 5) is 0. The molecule has 20 heavy (non-hydrogen) atoms. The van der Waals surface area contributed by atoms with Crippen molar-refractivity contribution in [3.63, 3.8) is 0 Å². The molecule has 0 N–H and O–H groups in total. The fourth-order valence-corrected chi connectivity index (χ4v) is 2.90. The maximum Gasteiger partial charge on any atom is -0.0323 e. The third-order valence-electron chi connectivity index (χ3n) is 4.30. The fraction of sp³-hybridized carbons (Fsp3) is 0.900. The molecule has 0 spiro atoms. The summed E-state index contributed by atoms with van der Waals surface area (Å²) in [5.74, 6) is 1.83. The molecule has 0 heteroatoms. The first-order valence-electron chi connectivity index (χ1n) is 9.21. The Balaban J connectivity index is 3.29. The van der Waals surface area contributed by atoms with E-state index in [1.54, 1.807) is 5.57 Å². The highest BCUT2D eigenvalue weighted by Gasteiger charge is 2.03. The molecule has 0 radical (unpaired) electrons. The van der Waals surface area contributed by atoms with E-state index in [0.29, 0.717) is 0 Å². The van der Waals surface area contributed by atoms with Crippen molar-refractivity contribution in [1.29, 1.82) is 0 Å². The quantitative estimate of drug-likeness (QED) is 0.241. The number of rotatable bonds is 13. The lowest BCUT2D eigenvalue weighted by molar-refractivity contribution is 0.418. The van der Waals surface area contributed by atoms with Gasteiger partial charge in [0.1, 0.15) is 0 Å². The van der Waals surface area contributed by atoms with Gasteiger partial charge in [0.25, 0.3) is 0 Å². The molecule has 0 aromatic heterocycles. The predicted octanol–water partition coefficient (Wildman–Crippen LogP) is 7.54. The van der Waals surface area contributed by atoms with E-state index in [-0.39, 0.29) is 0 Å². The van der Waals surface area contributed by atoms with Gasteiger partial charge in [-0.1, -0.05) is 90.7 Å². The van der Waals surface area contributed by atoms with Gasteiger partial charge in [0, 0.05) is 0 Å². The maximum absolute atomic E-state index is 2.44. The monoisotopic (exact) mass is 280 g/mol. The molecule has 0 amide bonds. The van der Waals surface area contributed by atoms with Crippen LogP contribution in [0.4, 0.5) is 0 Å². The van der Waals surface area contributed by atoms with Gasteiger partial charge in [-0.25, -0.2) is 0 Å². The van der Waals surface area contributed by atoms with Gasteiger partial charge in [0.15, 0.2) is 0 Å². The summed E-state index contributed by atoms with van der Waals surface area (Å²) < 4.78 is 0. The minimum absolute atomic E-state index is 0.882. The van der Waals surface area contributed by atoms with E-state index in [4.69, 9.17) is 0 Å². The largest absolute Gasteiger partial charge is 0.0859 e. The Labute approximate surface area is 129 Å². The van der Waals surface area contributed by atoms with E-state index in [1.165, 1.54) is 70.6 Å². The van der Waals surface area contributed by atoms with Crippen LogP contribution < -0.4 is 0 Å². The second-order valence-electron chi connectivity index (χ2n) is 7.20. The topological polar surface area (TPSA) is 0 Å². The highest BCUT2D eigenvalue weighted by molar-refractivity contribution is 4.96. The molecule has 0 nitrogen and oxygen atoms in total. The van der Waals surface area contributed by atoms with Gasteiger partial charge in [-0.05, 0) is 38.0 Å². The van der Waals surface area contributed by atoms with Crippen molar-refractivity contribution in [3.05, 3.63) is 11.6 Å². The Bertz CT molecular complexity index is 224. The lowest BCUT2D eigenvalue weighted by atomic mass is 9.95. The van der Waals surface area contributed by atoms with Crippen molar-refractivity contribution in [1.82, 2.24) is 0 Å². The third kappa shape index (κ3) is 14.2.